The summed E-state index contributed by atoms with van der Waals surface area (Å²) in [5.41, 5.74) is -1.60. The maximum atomic E-state index is 14.5. The first-order chi connectivity index (χ1) is 33.7. The van der Waals surface area contributed by atoms with Crippen LogP contribution in [0.15, 0.2) is 95.6 Å². The monoisotopic (exact) mass is 1030 g/mol. The summed E-state index contributed by atoms with van der Waals surface area (Å²) in [6.07, 6.45) is -1.85. The third kappa shape index (κ3) is 13.0. The lowest BCUT2D eigenvalue weighted by Gasteiger charge is -2.50. The molecule has 5 aromatic rings. The van der Waals surface area contributed by atoms with Gasteiger partial charge in [0, 0.05) is 30.5 Å². The number of oxime groups is 1. The van der Waals surface area contributed by atoms with E-state index in [-0.39, 0.29) is 22.8 Å². The number of carbonyl (C=O) groups is 5. The summed E-state index contributed by atoms with van der Waals surface area (Å²) >= 11 is 0.891. The largest absolute Gasteiger partial charge is 0.489 e. The fourth-order valence-electron chi connectivity index (χ4n) is 7.67. The predicted octanol–water partition coefficient (Wildman–Crippen LogP) is 5.48. The van der Waals surface area contributed by atoms with E-state index in [1.807, 2.05) is 61.6 Å². The molecule has 24 heteroatoms. The zero-order valence-corrected chi connectivity index (χ0v) is 42.7. The van der Waals surface area contributed by atoms with Crippen molar-refractivity contribution < 1.29 is 69.7 Å². The third-order valence-electron chi connectivity index (χ3n) is 11.1. The van der Waals surface area contributed by atoms with Crippen molar-refractivity contribution in [1.29, 1.82) is 0 Å². The molecule has 2 aliphatic rings. The summed E-state index contributed by atoms with van der Waals surface area (Å²) in [6, 6.07) is 21.9. The van der Waals surface area contributed by atoms with Crippen LogP contribution in [0.25, 0.3) is 10.9 Å². The van der Waals surface area contributed by atoms with Crippen molar-refractivity contribution in [2.45, 2.75) is 96.9 Å². The normalized spacial score (nSPS) is 16.6. The summed E-state index contributed by atoms with van der Waals surface area (Å²) in [7, 11) is -3.20. The Morgan fingerprint density at radius 1 is 0.944 bits per heavy atom. The van der Waals surface area contributed by atoms with Gasteiger partial charge in [0.1, 0.15) is 35.3 Å². The molecule has 2 fully saturated rings. The SMILES string of the molecule is C[n+]1c2ccc(OCC(O/N=C(\C(=O)N[C@@H]3C(=O)N(OS(=O)(=O)O)C3(C)C)c3csc(NC(=O)OC(C)(C)C)n3)C(=O)OC(c3ccccc3)c3ccccc3)cc2cn1CC1CN(C(=O)OC(C)(C)C)C1. The summed E-state index contributed by atoms with van der Waals surface area (Å²) in [6.45, 7) is 14.4. The zero-order chi connectivity index (χ0) is 52.3. The number of aryl methyl sites for hydroxylation is 1. The zero-order valence-electron chi connectivity index (χ0n) is 41.1. The second kappa shape index (κ2) is 20.9. The number of esters is 1. The van der Waals surface area contributed by atoms with Gasteiger partial charge in [-0.2, -0.15) is 18.2 Å². The van der Waals surface area contributed by atoms with Gasteiger partial charge < -0.3 is 34.0 Å². The standard InChI is InChI=1S/C48H56N8O14S2/c1-46(2,3)67-44(60)51-43-49-34(28-71-43)37(40(57)50-39-41(58)56(48(39,7)8)70-72(62,63)64)52-69-36(42(59)66-38(30-16-12-10-13-17-30)31-18-14-11-15-19-31)27-65-33-20-21-35-32(22-33)26-55(53(35)9)25-29-23-54(24-29)45(61)68-47(4,5)6/h10-22,26,28-29,36,38-39H,23-25,27H2,1-9H3,(H2-,49,50,51,57,60,62,63,64)/p+1/b52-37-/t36?,39-/m1/s1. The van der Waals surface area contributed by atoms with E-state index in [1.54, 1.807) is 86.3 Å². The molecule has 4 amide bonds. The van der Waals surface area contributed by atoms with Crippen LogP contribution in [-0.4, -0.2) is 117 Å². The molecule has 22 nitrogen and oxygen atoms in total. The van der Waals surface area contributed by atoms with E-state index >= 15 is 0 Å². The van der Waals surface area contributed by atoms with E-state index in [9.17, 15) is 36.9 Å². The van der Waals surface area contributed by atoms with E-state index in [4.69, 9.17) is 23.8 Å². The molecule has 4 heterocycles. The quantitative estimate of drug-likeness (QED) is 0.0198. The first kappa shape index (κ1) is 52.7. The third-order valence-corrected chi connectivity index (χ3v) is 12.2. The molecule has 2 aromatic heterocycles. The molecule has 0 bridgehead atoms. The second-order valence-corrected chi connectivity index (χ2v) is 21.5. The Bertz CT molecular complexity index is 2920. The smallest absolute Gasteiger partial charge is 0.418 e. The minimum absolute atomic E-state index is 0.0199. The maximum absolute atomic E-state index is 14.5. The van der Waals surface area contributed by atoms with Crippen LogP contribution in [0.2, 0.25) is 0 Å². The number of hydrogen-bond donors (Lipinski definition) is 3. The number of nitrogens with one attached hydrogen (secondary N) is 2. The van der Waals surface area contributed by atoms with Crippen molar-refractivity contribution in [2.24, 2.45) is 18.1 Å². The Balaban J connectivity index is 1.17. The van der Waals surface area contributed by atoms with Crippen LogP contribution in [0, 0.1) is 5.92 Å². The van der Waals surface area contributed by atoms with Crippen LogP contribution >= 0.6 is 11.3 Å². The van der Waals surface area contributed by atoms with Gasteiger partial charge in [0.05, 0.1) is 23.7 Å². The highest BCUT2D eigenvalue weighted by atomic mass is 32.3. The fraction of sp³-hybridized carbons (Fsp3) is 0.417. The molecule has 7 rings (SSSR count). The molecule has 2 aliphatic heterocycles. The summed E-state index contributed by atoms with van der Waals surface area (Å²) in [4.78, 5) is 78.9. The number of hydroxylamine groups is 2. The molecule has 384 valence electrons. The molecule has 1 unspecified atom stereocenters. The van der Waals surface area contributed by atoms with Crippen LogP contribution in [0.4, 0.5) is 14.7 Å². The van der Waals surface area contributed by atoms with Crippen LogP contribution < -0.4 is 20.1 Å². The van der Waals surface area contributed by atoms with Gasteiger partial charge in [-0.25, -0.2) is 19.4 Å². The number of β-lactam (4-membered cyclic amide) rings is 1. The number of likely N-dealkylation sites (tertiary alicyclic amines) is 1. The van der Waals surface area contributed by atoms with Crippen LogP contribution in [0.5, 0.6) is 5.75 Å². The number of anilines is 1. The summed E-state index contributed by atoms with van der Waals surface area (Å²) in [5.74, 6) is -2.53. The van der Waals surface area contributed by atoms with E-state index in [2.05, 4.69) is 25.1 Å². The lowest BCUT2D eigenvalue weighted by molar-refractivity contribution is -0.731. The number of ether oxygens (including phenoxy) is 4. The van der Waals surface area contributed by atoms with Crippen LogP contribution in [-0.2, 0) is 61.7 Å². The lowest BCUT2D eigenvalue weighted by atomic mass is 9.84. The Morgan fingerprint density at radius 2 is 1.57 bits per heavy atom. The van der Waals surface area contributed by atoms with Crippen molar-refractivity contribution in [2.75, 3.05) is 25.0 Å². The van der Waals surface area contributed by atoms with Crippen molar-refractivity contribution in [3.05, 3.63) is 107 Å². The molecular weight excluding hydrogens is 977 g/mol. The molecule has 0 radical (unpaired) electrons. The number of thiazole rings is 1. The minimum Gasteiger partial charge on any atom is -0.489 e. The van der Waals surface area contributed by atoms with Crippen LogP contribution in [0.3, 0.4) is 0 Å². The average molecular weight is 1030 g/mol. The van der Waals surface area contributed by atoms with Gasteiger partial charge >= 0.3 is 28.6 Å². The maximum Gasteiger partial charge on any atom is 0.418 e. The first-order valence-electron chi connectivity index (χ1n) is 22.7. The number of fused-ring (bicyclic) bond motifs is 1. The second-order valence-electron chi connectivity index (χ2n) is 19.6. The Morgan fingerprint density at radius 3 is 2.15 bits per heavy atom. The van der Waals surface area contributed by atoms with Gasteiger partial charge in [-0.05, 0) is 78.6 Å². The van der Waals surface area contributed by atoms with E-state index in [0.29, 0.717) is 41.6 Å². The van der Waals surface area contributed by atoms with Gasteiger partial charge in [0.15, 0.2) is 24.0 Å². The molecule has 0 saturated carbocycles. The molecule has 2 atom stereocenters. The number of aromatic nitrogens is 3. The lowest BCUT2D eigenvalue weighted by Crippen LogP contribution is -2.76. The van der Waals surface area contributed by atoms with Crippen molar-refractivity contribution in [3.63, 3.8) is 0 Å². The van der Waals surface area contributed by atoms with Crippen molar-refractivity contribution in [1.82, 2.24) is 24.9 Å². The number of benzene rings is 3. The van der Waals surface area contributed by atoms with Gasteiger partial charge in [-0.15, -0.1) is 20.3 Å². The van der Waals surface area contributed by atoms with Gasteiger partial charge in [-0.1, -0.05) is 65.8 Å². The Hall–Kier alpha value is -7.15. The van der Waals surface area contributed by atoms with E-state index < -0.39 is 81.6 Å². The predicted molar refractivity (Wildman–Crippen MR) is 260 cm³/mol. The summed E-state index contributed by atoms with van der Waals surface area (Å²) in [5, 5.41) is 11.6. The number of carbonyl (C=O) groups excluding carboxylic acids is 5. The highest BCUT2D eigenvalue weighted by Crippen LogP contribution is 2.33. The molecular formula is C48H57N8O14S2+. The fourth-order valence-corrected chi connectivity index (χ4v) is 8.80. The Kier molecular flexibility index (Phi) is 15.3. The first-order valence-corrected chi connectivity index (χ1v) is 24.9. The highest BCUT2D eigenvalue weighted by molar-refractivity contribution is 7.80. The topological polar surface area (TPSA) is 260 Å². The van der Waals surface area contributed by atoms with Crippen LogP contribution in [0.1, 0.15) is 78.3 Å². The molecule has 2 saturated heterocycles. The van der Waals surface area contributed by atoms with E-state index in [1.165, 1.54) is 19.2 Å². The molecule has 72 heavy (non-hydrogen) atoms. The van der Waals surface area contributed by atoms with Crippen molar-refractivity contribution >= 4 is 73.5 Å². The highest BCUT2D eigenvalue weighted by Gasteiger charge is 2.58. The number of hydrogen-bond acceptors (Lipinski definition) is 16. The van der Waals surface area contributed by atoms with E-state index in [0.717, 1.165) is 22.2 Å². The molecule has 0 aliphatic carbocycles. The molecule has 3 aromatic carbocycles. The number of nitrogens with zero attached hydrogens (tertiary/aromatic N) is 6. The van der Waals surface area contributed by atoms with Gasteiger partial charge in [-0.3, -0.25) is 19.5 Å². The van der Waals surface area contributed by atoms with Gasteiger partial charge in [0.2, 0.25) is 5.52 Å². The summed E-state index contributed by atoms with van der Waals surface area (Å²) < 4.78 is 64.0. The van der Waals surface area contributed by atoms with Gasteiger partial charge in [0.25, 0.3) is 17.9 Å². The van der Waals surface area contributed by atoms with Crippen molar-refractivity contribution in [3.8, 4) is 5.75 Å². The average Bonchev–Trinajstić information content (AvgIpc) is 3.87. The number of rotatable bonds is 17. The number of amides is 4. The Labute approximate surface area is 419 Å². The minimum atomic E-state index is -5.12. The molecule has 0 spiro atoms. The molecule has 3 N–H and O–H groups in total.